The second-order valence-corrected chi connectivity index (χ2v) is 4.68. The van der Waals surface area contributed by atoms with Gasteiger partial charge in [0.25, 0.3) is 0 Å². The molecule has 80 valence electrons. The molecule has 0 aromatic carbocycles. The van der Waals surface area contributed by atoms with E-state index in [0.717, 1.165) is 0 Å². The topological polar surface area (TPSA) is 0 Å². The van der Waals surface area contributed by atoms with Gasteiger partial charge in [-0.05, 0) is 40.8 Å². The molecule has 15 heavy (non-hydrogen) atoms. The Bertz CT molecular complexity index is 364. The molecule has 0 amide bonds. The third-order valence-electron chi connectivity index (χ3n) is 2.32. The van der Waals surface area contributed by atoms with Crippen molar-refractivity contribution in [2.75, 3.05) is 0 Å². The Labute approximate surface area is 96.7 Å². The maximum absolute atomic E-state index is 3.75. The molecular formula is C14H18S. The largest absolute Gasteiger partial charge is 0.152 e. The second-order valence-electron chi connectivity index (χ2n) is 3.90. The lowest BCUT2D eigenvalue weighted by atomic mass is 9.97. The Kier molecular flexibility index (Phi) is 4.57. The average molecular weight is 218 g/mol. The molecule has 0 aliphatic carbocycles. The summed E-state index contributed by atoms with van der Waals surface area (Å²) in [6, 6.07) is 2.17. The van der Waals surface area contributed by atoms with Crippen LogP contribution in [0.3, 0.4) is 0 Å². The zero-order valence-corrected chi connectivity index (χ0v) is 10.5. The predicted octanol–water partition coefficient (Wildman–Crippen LogP) is 4.92. The number of hydrogen-bond acceptors (Lipinski definition) is 1. The molecule has 0 N–H and O–H groups in total. The first-order valence-corrected chi connectivity index (χ1v) is 6.13. The summed E-state index contributed by atoms with van der Waals surface area (Å²) >= 11 is 1.74. The maximum atomic E-state index is 3.75. The number of rotatable bonds is 4. The van der Waals surface area contributed by atoms with Crippen molar-refractivity contribution in [2.24, 2.45) is 5.92 Å². The molecule has 0 atom stereocenters. The van der Waals surface area contributed by atoms with Crippen LogP contribution in [0.1, 0.15) is 26.3 Å². The SMILES string of the molecule is C=C/C(C)=C\C=C(\c1ccsc1)C(C)C. The van der Waals surface area contributed by atoms with Gasteiger partial charge in [0, 0.05) is 0 Å². The van der Waals surface area contributed by atoms with E-state index in [1.165, 1.54) is 16.7 Å². The van der Waals surface area contributed by atoms with Crippen LogP contribution in [-0.4, -0.2) is 0 Å². The lowest BCUT2D eigenvalue weighted by Gasteiger charge is -2.08. The summed E-state index contributed by atoms with van der Waals surface area (Å²) in [5.74, 6) is 0.550. The minimum atomic E-state index is 0.550. The third kappa shape index (κ3) is 3.52. The van der Waals surface area contributed by atoms with Gasteiger partial charge in [-0.25, -0.2) is 0 Å². The number of thiophene rings is 1. The van der Waals surface area contributed by atoms with E-state index >= 15 is 0 Å². The molecule has 1 heterocycles. The molecule has 1 heteroatoms. The van der Waals surface area contributed by atoms with E-state index in [2.05, 4.69) is 56.3 Å². The Balaban J connectivity index is 2.99. The first kappa shape index (κ1) is 12.0. The molecule has 0 aliphatic rings. The molecule has 0 spiro atoms. The van der Waals surface area contributed by atoms with Gasteiger partial charge >= 0.3 is 0 Å². The van der Waals surface area contributed by atoms with E-state index in [1.54, 1.807) is 11.3 Å². The van der Waals surface area contributed by atoms with Gasteiger partial charge in [-0.15, -0.1) is 0 Å². The zero-order chi connectivity index (χ0) is 11.3. The molecular weight excluding hydrogens is 200 g/mol. The van der Waals surface area contributed by atoms with Gasteiger partial charge < -0.3 is 0 Å². The number of allylic oxidation sites excluding steroid dienone is 5. The summed E-state index contributed by atoms with van der Waals surface area (Å²) < 4.78 is 0. The lowest BCUT2D eigenvalue weighted by molar-refractivity contribution is 0.856. The fourth-order valence-electron chi connectivity index (χ4n) is 1.34. The quantitative estimate of drug-likeness (QED) is 0.629. The van der Waals surface area contributed by atoms with Gasteiger partial charge in [0.2, 0.25) is 0 Å². The van der Waals surface area contributed by atoms with Gasteiger partial charge in [0.1, 0.15) is 0 Å². The van der Waals surface area contributed by atoms with Crippen molar-refractivity contribution < 1.29 is 0 Å². The summed E-state index contributed by atoms with van der Waals surface area (Å²) in [6.45, 7) is 10.3. The highest BCUT2D eigenvalue weighted by Gasteiger charge is 2.05. The van der Waals surface area contributed by atoms with Crippen LogP contribution in [0.2, 0.25) is 0 Å². The molecule has 1 aromatic rings. The molecule has 1 aromatic heterocycles. The highest BCUT2D eigenvalue weighted by molar-refractivity contribution is 7.08. The molecule has 0 bridgehead atoms. The summed E-state index contributed by atoms with van der Waals surface area (Å²) in [6.07, 6.45) is 6.20. The van der Waals surface area contributed by atoms with Crippen molar-refractivity contribution in [3.05, 3.63) is 52.8 Å². The van der Waals surface area contributed by atoms with Gasteiger partial charge in [-0.1, -0.05) is 44.2 Å². The predicted molar refractivity (Wildman–Crippen MR) is 71.1 cm³/mol. The van der Waals surface area contributed by atoms with Crippen molar-refractivity contribution in [2.45, 2.75) is 20.8 Å². The van der Waals surface area contributed by atoms with Crippen LogP contribution in [0, 0.1) is 5.92 Å². The minimum Gasteiger partial charge on any atom is -0.152 e. The van der Waals surface area contributed by atoms with Gasteiger partial charge in [-0.2, -0.15) is 11.3 Å². The molecule has 0 fully saturated rings. The summed E-state index contributed by atoms with van der Waals surface area (Å²) in [7, 11) is 0. The maximum Gasteiger partial charge on any atom is -0.00179 e. The standard InChI is InChI=1S/C14H18S/c1-5-12(4)6-7-14(11(2)3)13-8-9-15-10-13/h5-11H,1H2,2-4H3/b12-6-,14-7+. The van der Waals surface area contributed by atoms with Crippen molar-refractivity contribution in [1.82, 2.24) is 0 Å². The van der Waals surface area contributed by atoms with Crippen molar-refractivity contribution in [3.8, 4) is 0 Å². The number of hydrogen-bond donors (Lipinski definition) is 0. The normalized spacial score (nSPS) is 13.3. The van der Waals surface area contributed by atoms with E-state index in [1.807, 2.05) is 6.08 Å². The van der Waals surface area contributed by atoms with Crippen molar-refractivity contribution >= 4 is 16.9 Å². The van der Waals surface area contributed by atoms with Gasteiger partial charge in [0.15, 0.2) is 0 Å². The molecule has 0 saturated heterocycles. The fourth-order valence-corrected chi connectivity index (χ4v) is 2.01. The Morgan fingerprint density at radius 3 is 2.60 bits per heavy atom. The first-order chi connectivity index (χ1) is 7.15. The van der Waals surface area contributed by atoms with Crippen LogP contribution >= 0.6 is 11.3 Å². The monoisotopic (exact) mass is 218 g/mol. The molecule has 0 saturated carbocycles. The van der Waals surface area contributed by atoms with E-state index < -0.39 is 0 Å². The lowest BCUT2D eigenvalue weighted by Crippen LogP contribution is -1.91. The van der Waals surface area contributed by atoms with Gasteiger partial charge in [-0.3, -0.25) is 0 Å². The van der Waals surface area contributed by atoms with Crippen LogP contribution in [0.15, 0.2) is 47.2 Å². The Hall–Kier alpha value is -1.08. The van der Waals surface area contributed by atoms with Crippen LogP contribution in [0.25, 0.3) is 5.57 Å². The Morgan fingerprint density at radius 1 is 1.40 bits per heavy atom. The molecule has 1 rings (SSSR count). The minimum absolute atomic E-state index is 0.550. The summed E-state index contributed by atoms with van der Waals surface area (Å²) in [5.41, 5.74) is 3.92. The van der Waals surface area contributed by atoms with E-state index in [-0.39, 0.29) is 0 Å². The van der Waals surface area contributed by atoms with Crippen LogP contribution in [0.4, 0.5) is 0 Å². The van der Waals surface area contributed by atoms with E-state index in [9.17, 15) is 0 Å². The molecule has 0 unspecified atom stereocenters. The van der Waals surface area contributed by atoms with Crippen LogP contribution in [0.5, 0.6) is 0 Å². The highest BCUT2D eigenvalue weighted by Crippen LogP contribution is 2.25. The summed E-state index contributed by atoms with van der Waals surface area (Å²) in [4.78, 5) is 0. The smallest absolute Gasteiger partial charge is 0.00179 e. The average Bonchev–Trinajstić information content (AvgIpc) is 2.70. The third-order valence-corrected chi connectivity index (χ3v) is 3.01. The van der Waals surface area contributed by atoms with Gasteiger partial charge in [0.05, 0.1) is 0 Å². The highest BCUT2D eigenvalue weighted by atomic mass is 32.1. The molecule has 0 radical (unpaired) electrons. The van der Waals surface area contributed by atoms with Crippen molar-refractivity contribution in [1.29, 1.82) is 0 Å². The molecule has 0 aliphatic heterocycles. The second kappa shape index (κ2) is 5.72. The van der Waals surface area contributed by atoms with Crippen LogP contribution < -0.4 is 0 Å². The van der Waals surface area contributed by atoms with E-state index in [0.29, 0.717) is 5.92 Å². The molecule has 0 nitrogen and oxygen atoms in total. The van der Waals surface area contributed by atoms with Crippen LogP contribution in [-0.2, 0) is 0 Å². The fraction of sp³-hybridized carbons (Fsp3) is 0.286. The first-order valence-electron chi connectivity index (χ1n) is 5.18. The summed E-state index contributed by atoms with van der Waals surface area (Å²) in [5, 5.41) is 4.32. The zero-order valence-electron chi connectivity index (χ0n) is 9.66. The van der Waals surface area contributed by atoms with Crippen molar-refractivity contribution in [3.63, 3.8) is 0 Å². The Morgan fingerprint density at radius 2 is 2.13 bits per heavy atom. The van der Waals surface area contributed by atoms with E-state index in [4.69, 9.17) is 0 Å².